The van der Waals surface area contributed by atoms with E-state index in [1.807, 2.05) is 0 Å². The molecule has 0 radical (unpaired) electrons. The molecule has 0 amide bonds. The van der Waals surface area contributed by atoms with E-state index >= 15 is 0 Å². The van der Waals surface area contributed by atoms with Crippen molar-refractivity contribution < 1.29 is 36.3 Å². The molecule has 0 aromatic heterocycles. The predicted molar refractivity (Wildman–Crippen MR) is 72.4 cm³/mol. The van der Waals surface area contributed by atoms with Gasteiger partial charge in [-0.1, -0.05) is 0 Å². The molecule has 0 aliphatic rings. The van der Waals surface area contributed by atoms with Crippen LogP contribution in [0.4, 0.5) is 14.5 Å². The van der Waals surface area contributed by atoms with Crippen LogP contribution in [-0.4, -0.2) is 47.4 Å². The first-order valence-corrected chi connectivity index (χ1v) is 7.56. The van der Waals surface area contributed by atoms with Gasteiger partial charge in [0.25, 0.3) is 0 Å². The molecule has 1 aromatic rings. The molecule has 0 bridgehead atoms. The molecular weight excluding hydrogens is 324 g/mol. The normalized spacial score (nSPS) is 11.2. The maximum absolute atomic E-state index is 13.0. The number of anilines is 1. The summed E-state index contributed by atoms with van der Waals surface area (Å²) in [4.78, 5) is 23.1. The van der Waals surface area contributed by atoms with Gasteiger partial charge in [-0.15, -0.1) is 0 Å². The van der Waals surface area contributed by atoms with E-state index in [9.17, 15) is 26.8 Å². The van der Waals surface area contributed by atoms with Gasteiger partial charge in [-0.3, -0.25) is 0 Å². The number of halogens is 2. The summed E-state index contributed by atoms with van der Waals surface area (Å²) in [6.45, 7) is -3.40. The predicted octanol–water partition coefficient (Wildman–Crippen LogP) is 1.25. The zero-order valence-electron chi connectivity index (χ0n) is 11.9. The van der Waals surface area contributed by atoms with Crippen molar-refractivity contribution in [3.05, 3.63) is 29.3 Å². The Morgan fingerprint density at radius 2 is 1.45 bits per heavy atom. The number of methoxy groups -OCH3 is 2. The number of rotatable bonds is 5. The molecule has 7 nitrogen and oxygen atoms in total. The average molecular weight is 337 g/mol. The van der Waals surface area contributed by atoms with Crippen molar-refractivity contribution in [1.29, 1.82) is 0 Å². The van der Waals surface area contributed by atoms with Crippen LogP contribution in [0.25, 0.3) is 0 Å². The molecule has 10 heteroatoms. The van der Waals surface area contributed by atoms with E-state index < -0.39 is 34.2 Å². The first kappa shape index (κ1) is 17.8. The number of sulfonamides is 1. The number of hydrogen-bond donors (Lipinski definition) is 0. The van der Waals surface area contributed by atoms with Crippen molar-refractivity contribution in [3.8, 4) is 0 Å². The fourth-order valence-electron chi connectivity index (χ4n) is 1.66. The summed E-state index contributed by atoms with van der Waals surface area (Å²) in [6.07, 6.45) is 0.571. The summed E-state index contributed by atoms with van der Waals surface area (Å²) in [5, 5.41) is 0. The van der Waals surface area contributed by atoms with Gasteiger partial charge < -0.3 is 9.47 Å². The lowest BCUT2D eigenvalue weighted by atomic mass is 10.1. The van der Waals surface area contributed by atoms with Crippen molar-refractivity contribution in [1.82, 2.24) is 0 Å². The zero-order valence-corrected chi connectivity index (χ0v) is 12.7. The second-order valence-electron chi connectivity index (χ2n) is 4.09. The lowest BCUT2D eigenvalue weighted by molar-refractivity contribution is 0.0598. The van der Waals surface area contributed by atoms with Gasteiger partial charge in [-0.25, -0.2) is 22.3 Å². The van der Waals surface area contributed by atoms with Crippen molar-refractivity contribution in [2.24, 2.45) is 0 Å². The Balaban J connectivity index is 3.58. The molecule has 0 saturated carbocycles. The fraction of sp³-hybridized carbons (Fsp3) is 0.333. The Hall–Kier alpha value is -2.23. The molecule has 1 aromatic carbocycles. The molecule has 0 unspecified atom stereocenters. The minimum atomic E-state index is -4.34. The van der Waals surface area contributed by atoms with Crippen molar-refractivity contribution >= 4 is 27.6 Å². The average Bonchev–Trinajstić information content (AvgIpc) is 2.43. The van der Waals surface area contributed by atoms with Crippen LogP contribution in [0.3, 0.4) is 0 Å². The van der Waals surface area contributed by atoms with Crippen molar-refractivity contribution in [2.45, 2.75) is 6.55 Å². The van der Waals surface area contributed by atoms with Gasteiger partial charge >= 0.3 is 18.5 Å². The summed E-state index contributed by atoms with van der Waals surface area (Å²) in [7, 11) is -2.24. The monoisotopic (exact) mass is 337 g/mol. The number of benzene rings is 1. The van der Waals surface area contributed by atoms with Crippen LogP contribution in [0, 0.1) is 0 Å². The Bertz CT molecular complexity index is 655. The summed E-state index contributed by atoms with van der Waals surface area (Å²) in [5.41, 5.74) is -1.09. The number of alkyl halides is 2. The number of nitrogens with zero attached hydrogens (tertiary/aromatic N) is 1. The summed E-state index contributed by atoms with van der Waals surface area (Å²) in [6, 6.07) is 2.81. The van der Waals surface area contributed by atoms with Crippen molar-refractivity contribution in [2.75, 3.05) is 24.8 Å². The van der Waals surface area contributed by atoms with Gasteiger partial charge in [0.1, 0.15) is 0 Å². The number of carbonyl (C=O) groups is 2. The van der Waals surface area contributed by atoms with Crippen LogP contribution >= 0.6 is 0 Å². The molecule has 1 rings (SSSR count). The number of carbonyl (C=O) groups excluding carboxylic acids is 2. The molecule has 22 heavy (non-hydrogen) atoms. The van der Waals surface area contributed by atoms with Crippen LogP contribution in [0.2, 0.25) is 0 Å². The van der Waals surface area contributed by atoms with Crippen LogP contribution in [0.5, 0.6) is 0 Å². The third-order valence-electron chi connectivity index (χ3n) is 2.55. The first-order chi connectivity index (χ1) is 10.1. The fourth-order valence-corrected chi connectivity index (χ4v) is 2.44. The lowest BCUT2D eigenvalue weighted by Crippen LogP contribution is -2.34. The molecule has 122 valence electrons. The van der Waals surface area contributed by atoms with Crippen LogP contribution in [0.15, 0.2) is 18.2 Å². The maximum atomic E-state index is 13.0. The third kappa shape index (κ3) is 3.91. The highest BCUT2D eigenvalue weighted by Crippen LogP contribution is 2.26. The standard InChI is InChI=1S/C12H13F2NO6S/c1-20-10(16)7-4-8(11(17)21-2)6-9(5-7)15(12(13)14)22(3,18)19/h4-6,12H,1-3H3. The molecule has 0 aliphatic heterocycles. The minimum absolute atomic E-state index is 0.216. The van der Waals surface area contributed by atoms with E-state index in [-0.39, 0.29) is 15.4 Å². The Morgan fingerprint density at radius 1 is 1.05 bits per heavy atom. The molecular formula is C12H13F2NO6S. The molecule has 0 N–H and O–H groups in total. The molecule has 0 saturated heterocycles. The number of esters is 2. The second-order valence-corrected chi connectivity index (χ2v) is 5.95. The lowest BCUT2D eigenvalue weighted by Gasteiger charge is -2.22. The number of ether oxygens (including phenoxy) is 2. The smallest absolute Gasteiger partial charge is 0.337 e. The largest absolute Gasteiger partial charge is 0.465 e. The molecule has 0 atom stereocenters. The Labute approximate surface area is 125 Å². The quantitative estimate of drug-likeness (QED) is 0.593. The topological polar surface area (TPSA) is 90.0 Å². The van der Waals surface area contributed by atoms with Gasteiger partial charge in [-0.2, -0.15) is 8.78 Å². The summed E-state index contributed by atoms with van der Waals surface area (Å²) < 4.78 is 57.7. The van der Waals surface area contributed by atoms with Crippen LogP contribution in [-0.2, 0) is 19.5 Å². The first-order valence-electron chi connectivity index (χ1n) is 5.71. The number of hydrogen-bond acceptors (Lipinski definition) is 6. The van der Waals surface area contributed by atoms with E-state index in [1.165, 1.54) is 0 Å². The molecule has 0 fully saturated rings. The van der Waals surface area contributed by atoms with E-state index in [2.05, 4.69) is 9.47 Å². The second kappa shape index (κ2) is 6.69. The molecule has 0 aliphatic carbocycles. The van der Waals surface area contributed by atoms with Crippen LogP contribution in [0.1, 0.15) is 20.7 Å². The van der Waals surface area contributed by atoms with E-state index in [0.717, 1.165) is 32.4 Å². The van der Waals surface area contributed by atoms with Gasteiger partial charge in [0.05, 0.1) is 37.3 Å². The van der Waals surface area contributed by atoms with E-state index in [0.29, 0.717) is 6.26 Å². The van der Waals surface area contributed by atoms with E-state index in [1.54, 1.807) is 0 Å². The van der Waals surface area contributed by atoms with Gasteiger partial charge in [-0.05, 0) is 18.2 Å². The highest BCUT2D eigenvalue weighted by atomic mass is 32.2. The maximum Gasteiger partial charge on any atom is 0.337 e. The van der Waals surface area contributed by atoms with Crippen molar-refractivity contribution in [3.63, 3.8) is 0 Å². The highest BCUT2D eigenvalue weighted by molar-refractivity contribution is 7.92. The summed E-state index contributed by atoms with van der Waals surface area (Å²) >= 11 is 0. The Kier molecular flexibility index (Phi) is 5.42. The third-order valence-corrected chi connectivity index (χ3v) is 3.63. The molecule has 0 spiro atoms. The Morgan fingerprint density at radius 3 is 1.73 bits per heavy atom. The SMILES string of the molecule is COC(=O)c1cc(C(=O)OC)cc(N(C(F)F)S(C)(=O)=O)c1. The highest BCUT2D eigenvalue weighted by Gasteiger charge is 2.28. The van der Waals surface area contributed by atoms with Crippen LogP contribution < -0.4 is 4.31 Å². The zero-order chi connectivity index (χ0) is 17.1. The van der Waals surface area contributed by atoms with E-state index in [4.69, 9.17) is 0 Å². The summed E-state index contributed by atoms with van der Waals surface area (Å²) in [5.74, 6) is -1.84. The van der Waals surface area contributed by atoms with Gasteiger partial charge in [0, 0.05) is 0 Å². The van der Waals surface area contributed by atoms with Gasteiger partial charge in [0.15, 0.2) is 0 Å². The molecule has 0 heterocycles. The minimum Gasteiger partial charge on any atom is -0.465 e. The van der Waals surface area contributed by atoms with Gasteiger partial charge in [0.2, 0.25) is 10.0 Å².